The Morgan fingerprint density at radius 2 is 1.57 bits per heavy atom. The van der Waals surface area contributed by atoms with Crippen LogP contribution in [0, 0.1) is 6.92 Å². The van der Waals surface area contributed by atoms with Crippen LogP contribution in [0.4, 0.5) is 17.1 Å². The standard InChI is InChI=1S/C32H30ClN5O7S2/c1-21-30(32(40)38(36(21)2)24-12-6-5-7-13-24)37(3)47(43,44)25-14-10-11-22(19-25)31(39)34-23-17-18-26(33)29(20-23)46(41,42)35-27-15-8-9-16-28(27)45-4/h5-20,35H,1-4H3,(H,34,39). The third-order valence-electron chi connectivity index (χ3n) is 7.42. The molecule has 244 valence electrons. The highest BCUT2D eigenvalue weighted by Crippen LogP contribution is 2.31. The van der Waals surface area contributed by atoms with Gasteiger partial charge in [0.2, 0.25) is 0 Å². The third kappa shape index (κ3) is 6.48. The maximum atomic E-state index is 13.8. The molecule has 5 rings (SSSR count). The van der Waals surface area contributed by atoms with Crippen LogP contribution in [-0.2, 0) is 27.1 Å². The lowest BCUT2D eigenvalue weighted by Gasteiger charge is -2.18. The predicted molar refractivity (Wildman–Crippen MR) is 181 cm³/mol. The molecule has 0 bridgehead atoms. The Labute approximate surface area is 276 Å². The number of amides is 1. The molecule has 0 radical (unpaired) electrons. The molecule has 12 nitrogen and oxygen atoms in total. The van der Waals surface area contributed by atoms with Gasteiger partial charge >= 0.3 is 0 Å². The van der Waals surface area contributed by atoms with Crippen LogP contribution in [0.5, 0.6) is 5.75 Å². The fourth-order valence-corrected chi connectivity index (χ4v) is 7.80. The van der Waals surface area contributed by atoms with Crippen molar-refractivity contribution < 1.29 is 26.4 Å². The van der Waals surface area contributed by atoms with E-state index in [-0.39, 0.29) is 37.4 Å². The molecule has 0 aliphatic heterocycles. The first kappa shape index (κ1) is 33.3. The van der Waals surface area contributed by atoms with Crippen LogP contribution < -0.4 is 24.6 Å². The van der Waals surface area contributed by atoms with Crippen LogP contribution in [-0.4, -0.2) is 46.3 Å². The van der Waals surface area contributed by atoms with Crippen molar-refractivity contribution in [2.45, 2.75) is 16.7 Å². The lowest BCUT2D eigenvalue weighted by atomic mass is 10.2. The van der Waals surface area contributed by atoms with E-state index in [2.05, 4.69) is 10.0 Å². The van der Waals surface area contributed by atoms with Gasteiger partial charge in [-0.05, 0) is 67.6 Å². The van der Waals surface area contributed by atoms with Crippen LogP contribution in [0.25, 0.3) is 5.69 Å². The fraction of sp³-hybridized carbons (Fsp3) is 0.125. The number of methoxy groups -OCH3 is 1. The number of sulfonamides is 2. The number of rotatable bonds is 10. The maximum Gasteiger partial charge on any atom is 0.296 e. The topological polar surface area (TPSA) is 149 Å². The highest BCUT2D eigenvalue weighted by molar-refractivity contribution is 7.93. The Balaban J connectivity index is 1.41. The molecule has 0 aliphatic rings. The molecule has 1 heterocycles. The number of anilines is 3. The van der Waals surface area contributed by atoms with E-state index in [1.807, 2.05) is 0 Å². The average molecular weight is 696 g/mol. The van der Waals surface area contributed by atoms with Crippen LogP contribution >= 0.6 is 11.6 Å². The van der Waals surface area contributed by atoms with Crippen molar-refractivity contribution >= 4 is 54.6 Å². The zero-order chi connectivity index (χ0) is 34.1. The molecular weight excluding hydrogens is 666 g/mol. The number of ether oxygens (including phenoxy) is 1. The summed E-state index contributed by atoms with van der Waals surface area (Å²) in [5.41, 5.74) is 0.630. The number of benzene rings is 4. The Hall–Kier alpha value is -5.05. The van der Waals surface area contributed by atoms with Gasteiger partial charge in [0.25, 0.3) is 31.5 Å². The van der Waals surface area contributed by atoms with Gasteiger partial charge in [0, 0.05) is 25.3 Å². The molecular formula is C32H30ClN5O7S2. The number of carbonyl (C=O) groups is 1. The minimum Gasteiger partial charge on any atom is -0.495 e. The van der Waals surface area contributed by atoms with Gasteiger partial charge in [0.1, 0.15) is 16.3 Å². The second-order valence-corrected chi connectivity index (χ2v) is 14.3. The second kappa shape index (κ2) is 13.0. The van der Waals surface area contributed by atoms with Crippen molar-refractivity contribution in [3.05, 3.63) is 124 Å². The molecule has 0 saturated carbocycles. The van der Waals surface area contributed by atoms with Crippen LogP contribution in [0.2, 0.25) is 5.02 Å². The number of hydrogen-bond acceptors (Lipinski definition) is 7. The van der Waals surface area contributed by atoms with E-state index in [9.17, 15) is 26.4 Å². The van der Waals surface area contributed by atoms with E-state index in [4.69, 9.17) is 16.3 Å². The molecule has 0 spiro atoms. The number of halogens is 1. The van der Waals surface area contributed by atoms with Gasteiger partial charge in [0.15, 0.2) is 0 Å². The van der Waals surface area contributed by atoms with Gasteiger partial charge in [-0.25, -0.2) is 21.5 Å². The average Bonchev–Trinajstić information content (AvgIpc) is 3.28. The summed E-state index contributed by atoms with van der Waals surface area (Å²) < 4.78 is 65.4. The molecule has 2 N–H and O–H groups in total. The van der Waals surface area contributed by atoms with Gasteiger partial charge in [-0.1, -0.05) is 48.0 Å². The molecule has 5 aromatic rings. The molecule has 0 aliphatic carbocycles. The van der Waals surface area contributed by atoms with Gasteiger partial charge in [0.05, 0.1) is 34.1 Å². The predicted octanol–water partition coefficient (Wildman–Crippen LogP) is 5.02. The summed E-state index contributed by atoms with van der Waals surface area (Å²) in [6, 6.07) is 24.4. The van der Waals surface area contributed by atoms with Crippen molar-refractivity contribution in [3.8, 4) is 11.4 Å². The number of nitrogens with one attached hydrogen (secondary N) is 2. The fourth-order valence-electron chi connectivity index (χ4n) is 4.91. The molecule has 0 fully saturated rings. The first-order chi connectivity index (χ1) is 22.3. The van der Waals surface area contributed by atoms with Crippen LogP contribution in [0.1, 0.15) is 16.1 Å². The summed E-state index contributed by atoms with van der Waals surface area (Å²) in [6.45, 7) is 1.64. The molecule has 4 aromatic carbocycles. The number of carbonyl (C=O) groups excluding carboxylic acids is 1. The van der Waals surface area contributed by atoms with E-state index < -0.39 is 31.5 Å². The highest BCUT2D eigenvalue weighted by Gasteiger charge is 2.29. The van der Waals surface area contributed by atoms with Crippen molar-refractivity contribution in [1.29, 1.82) is 0 Å². The third-order valence-corrected chi connectivity index (χ3v) is 11.0. The summed E-state index contributed by atoms with van der Waals surface area (Å²) in [5, 5.41) is 2.50. The first-order valence-electron chi connectivity index (χ1n) is 14.0. The number of hydrogen-bond donors (Lipinski definition) is 2. The van der Waals surface area contributed by atoms with Crippen molar-refractivity contribution in [1.82, 2.24) is 9.36 Å². The zero-order valence-electron chi connectivity index (χ0n) is 25.6. The molecule has 1 amide bonds. The smallest absolute Gasteiger partial charge is 0.296 e. The summed E-state index contributed by atoms with van der Waals surface area (Å²) in [4.78, 5) is 26.2. The lowest BCUT2D eigenvalue weighted by molar-refractivity contribution is 0.102. The van der Waals surface area contributed by atoms with Crippen molar-refractivity contribution in [2.75, 3.05) is 28.5 Å². The van der Waals surface area contributed by atoms with E-state index in [0.717, 1.165) is 4.31 Å². The normalized spacial score (nSPS) is 11.6. The summed E-state index contributed by atoms with van der Waals surface area (Å²) in [5.74, 6) is -0.420. The Bertz CT molecular complexity index is 2270. The quantitative estimate of drug-likeness (QED) is 0.208. The Kier molecular flexibility index (Phi) is 9.20. The summed E-state index contributed by atoms with van der Waals surface area (Å²) >= 11 is 6.23. The number of para-hydroxylation sites is 3. The molecule has 0 saturated heterocycles. The maximum absolute atomic E-state index is 13.8. The lowest BCUT2D eigenvalue weighted by Crippen LogP contribution is -2.32. The minimum atomic E-state index is -4.31. The van der Waals surface area contributed by atoms with E-state index >= 15 is 0 Å². The van der Waals surface area contributed by atoms with Crippen molar-refractivity contribution in [3.63, 3.8) is 0 Å². The first-order valence-corrected chi connectivity index (χ1v) is 17.3. The second-order valence-electron chi connectivity index (χ2n) is 10.3. The monoisotopic (exact) mass is 695 g/mol. The molecule has 0 unspecified atom stereocenters. The van der Waals surface area contributed by atoms with Crippen LogP contribution in [0.3, 0.4) is 0 Å². The number of nitrogens with zero attached hydrogens (tertiary/aromatic N) is 3. The molecule has 47 heavy (non-hydrogen) atoms. The molecule has 0 atom stereocenters. The summed E-state index contributed by atoms with van der Waals surface area (Å²) in [6.07, 6.45) is 0. The number of aromatic nitrogens is 2. The molecule has 1 aromatic heterocycles. The molecule has 15 heteroatoms. The van der Waals surface area contributed by atoms with Gasteiger partial charge < -0.3 is 10.1 Å². The van der Waals surface area contributed by atoms with E-state index in [1.165, 1.54) is 67.4 Å². The SMILES string of the molecule is COc1ccccc1NS(=O)(=O)c1cc(NC(=O)c2cccc(S(=O)(=O)N(C)c3c(C)n(C)n(-c4ccccc4)c3=O)c2)ccc1Cl. The van der Waals surface area contributed by atoms with E-state index in [0.29, 0.717) is 17.1 Å². The van der Waals surface area contributed by atoms with Gasteiger partial charge in [-0.15, -0.1) is 0 Å². The van der Waals surface area contributed by atoms with E-state index in [1.54, 1.807) is 67.2 Å². The van der Waals surface area contributed by atoms with Crippen LogP contribution in [0.15, 0.2) is 112 Å². The summed E-state index contributed by atoms with van der Waals surface area (Å²) in [7, 11) is -4.19. The van der Waals surface area contributed by atoms with Gasteiger partial charge in [-0.2, -0.15) is 0 Å². The largest absolute Gasteiger partial charge is 0.495 e. The van der Waals surface area contributed by atoms with Crippen molar-refractivity contribution in [2.24, 2.45) is 7.05 Å². The zero-order valence-corrected chi connectivity index (χ0v) is 28.0. The Morgan fingerprint density at radius 1 is 0.894 bits per heavy atom. The van der Waals surface area contributed by atoms with Gasteiger partial charge in [-0.3, -0.25) is 23.3 Å². The Morgan fingerprint density at radius 3 is 2.28 bits per heavy atom. The minimum absolute atomic E-state index is 0.0301. The highest BCUT2D eigenvalue weighted by atomic mass is 35.5.